The molecular weight excluding hydrogens is 380 g/mol. The molecule has 3 fully saturated rings. The van der Waals surface area contributed by atoms with E-state index in [0.717, 1.165) is 42.9 Å². The Hall–Kier alpha value is -0.340. The van der Waals surface area contributed by atoms with Gasteiger partial charge in [0.25, 0.3) is 0 Å². The van der Waals surface area contributed by atoms with Gasteiger partial charge in [0, 0.05) is 0 Å². The minimum atomic E-state index is -0.513. The third-order valence-electron chi connectivity index (χ3n) is 11.4. The summed E-state index contributed by atoms with van der Waals surface area (Å²) < 4.78 is 0. The third kappa shape index (κ3) is 3.86. The van der Waals surface area contributed by atoms with Crippen molar-refractivity contribution in [2.75, 3.05) is 0 Å². The van der Waals surface area contributed by atoms with E-state index in [4.69, 9.17) is 0 Å². The van der Waals surface area contributed by atoms with Crippen LogP contribution in [0.15, 0.2) is 11.6 Å². The molecule has 0 bridgehead atoms. The first-order valence-electron chi connectivity index (χ1n) is 13.6. The molecule has 0 saturated heterocycles. The molecule has 0 radical (unpaired) electrons. The largest absolute Gasteiger partial charge is 0.393 e. The normalized spacial score (nSPS) is 42.9. The van der Waals surface area contributed by atoms with Crippen LogP contribution in [0.4, 0.5) is 0 Å². The highest BCUT2D eigenvalue weighted by molar-refractivity contribution is 5.25. The van der Waals surface area contributed by atoms with Gasteiger partial charge < -0.3 is 10.2 Å². The number of aliphatic hydroxyl groups is 2. The lowest BCUT2D eigenvalue weighted by molar-refractivity contribution is -0.0630. The summed E-state index contributed by atoms with van der Waals surface area (Å²) in [6.07, 6.45) is 15.9. The number of allylic oxidation sites excluding steroid dienone is 1. The van der Waals surface area contributed by atoms with Crippen molar-refractivity contribution in [1.82, 2.24) is 0 Å². The lowest BCUT2D eigenvalue weighted by atomic mass is 9.47. The minimum Gasteiger partial charge on any atom is -0.393 e. The summed E-state index contributed by atoms with van der Waals surface area (Å²) in [5.41, 5.74) is 1.94. The molecule has 0 aromatic rings. The molecule has 0 amide bonds. The van der Waals surface area contributed by atoms with Crippen LogP contribution < -0.4 is 0 Å². The number of fused-ring (bicyclic) bond motifs is 5. The number of hydrogen-bond acceptors (Lipinski definition) is 2. The molecule has 7 atom stereocenters. The van der Waals surface area contributed by atoms with Crippen molar-refractivity contribution >= 4 is 0 Å². The Balaban J connectivity index is 1.44. The topological polar surface area (TPSA) is 40.5 Å². The standard InChI is InChI=1S/C29H50O2/c1-19(2)29(31,20(3)4)15-7-8-21-10-12-25-24-11-9-22-18-23(30)13-16-28(22,6)26(24)14-17-27(21,25)5/h9,19-21,23-26,30-31H,7-8,10-18H2,1-6H3/t21-,23-,24-,25-,26-,27+,28-/m0/s1. The summed E-state index contributed by atoms with van der Waals surface area (Å²) >= 11 is 0. The molecule has 4 rings (SSSR count). The van der Waals surface area contributed by atoms with Crippen molar-refractivity contribution in [3.05, 3.63) is 11.6 Å². The highest BCUT2D eigenvalue weighted by Gasteiger charge is 2.58. The second-order valence-corrected chi connectivity index (χ2v) is 13.2. The molecule has 0 aromatic carbocycles. The molecule has 4 aliphatic carbocycles. The van der Waals surface area contributed by atoms with Crippen LogP contribution in [0.5, 0.6) is 0 Å². The summed E-state index contributed by atoms with van der Waals surface area (Å²) in [5, 5.41) is 21.5. The quantitative estimate of drug-likeness (QED) is 0.440. The van der Waals surface area contributed by atoms with Crippen LogP contribution in [-0.2, 0) is 0 Å². The van der Waals surface area contributed by atoms with Crippen molar-refractivity contribution in [2.24, 2.45) is 46.3 Å². The Morgan fingerprint density at radius 2 is 1.71 bits per heavy atom. The molecule has 2 heteroatoms. The Labute approximate surface area is 192 Å². The van der Waals surface area contributed by atoms with Crippen molar-refractivity contribution in [3.8, 4) is 0 Å². The van der Waals surface area contributed by atoms with E-state index < -0.39 is 5.60 Å². The molecule has 0 aliphatic heterocycles. The summed E-state index contributed by atoms with van der Waals surface area (Å²) in [5.74, 6) is 4.07. The zero-order chi connectivity index (χ0) is 22.6. The molecule has 3 saturated carbocycles. The monoisotopic (exact) mass is 430 g/mol. The average molecular weight is 431 g/mol. The second kappa shape index (κ2) is 8.46. The molecule has 4 aliphatic rings. The van der Waals surface area contributed by atoms with Crippen LogP contribution in [0.3, 0.4) is 0 Å². The van der Waals surface area contributed by atoms with Gasteiger partial charge >= 0.3 is 0 Å². The van der Waals surface area contributed by atoms with Gasteiger partial charge in [-0.25, -0.2) is 0 Å². The van der Waals surface area contributed by atoms with Gasteiger partial charge in [-0.1, -0.05) is 59.6 Å². The lowest BCUT2D eigenvalue weighted by Crippen LogP contribution is -2.50. The third-order valence-corrected chi connectivity index (χ3v) is 11.4. The lowest BCUT2D eigenvalue weighted by Gasteiger charge is -2.58. The summed E-state index contributed by atoms with van der Waals surface area (Å²) in [6, 6.07) is 0. The van der Waals surface area contributed by atoms with Crippen LogP contribution >= 0.6 is 0 Å². The predicted octanol–water partition coefficient (Wildman–Crippen LogP) is 7.14. The molecule has 2 nitrogen and oxygen atoms in total. The molecule has 31 heavy (non-hydrogen) atoms. The van der Waals surface area contributed by atoms with Crippen molar-refractivity contribution in [1.29, 1.82) is 0 Å². The predicted molar refractivity (Wildman–Crippen MR) is 130 cm³/mol. The van der Waals surface area contributed by atoms with Gasteiger partial charge in [-0.05, 0) is 111 Å². The van der Waals surface area contributed by atoms with Crippen LogP contribution in [-0.4, -0.2) is 21.9 Å². The number of hydrogen-bond donors (Lipinski definition) is 2. The number of rotatable bonds is 6. The van der Waals surface area contributed by atoms with E-state index in [9.17, 15) is 10.2 Å². The Bertz CT molecular complexity index is 670. The maximum absolute atomic E-state index is 11.2. The molecule has 0 heterocycles. The highest BCUT2D eigenvalue weighted by Crippen LogP contribution is 2.66. The molecule has 0 unspecified atom stereocenters. The van der Waals surface area contributed by atoms with E-state index >= 15 is 0 Å². The first-order valence-corrected chi connectivity index (χ1v) is 13.6. The van der Waals surface area contributed by atoms with E-state index in [-0.39, 0.29) is 6.10 Å². The number of aliphatic hydroxyl groups excluding tert-OH is 1. The maximum Gasteiger partial charge on any atom is 0.0693 e. The SMILES string of the molecule is CC(C)C(O)(CCC[C@H]1CC[C@H]2[C@@H]3CC=C4C[C@@H](O)CC[C@]4(C)[C@H]3CC[C@]12C)C(C)C. The van der Waals surface area contributed by atoms with Gasteiger partial charge in [-0.15, -0.1) is 0 Å². The fraction of sp³-hybridized carbons (Fsp3) is 0.931. The summed E-state index contributed by atoms with van der Waals surface area (Å²) in [7, 11) is 0. The fourth-order valence-electron chi connectivity index (χ4n) is 9.10. The van der Waals surface area contributed by atoms with E-state index in [1.54, 1.807) is 5.57 Å². The fourth-order valence-corrected chi connectivity index (χ4v) is 9.10. The van der Waals surface area contributed by atoms with Gasteiger partial charge in [-0.3, -0.25) is 0 Å². The summed E-state index contributed by atoms with van der Waals surface area (Å²) in [4.78, 5) is 0. The molecule has 2 N–H and O–H groups in total. The van der Waals surface area contributed by atoms with E-state index in [1.165, 1.54) is 51.4 Å². The average Bonchev–Trinajstić information content (AvgIpc) is 3.04. The van der Waals surface area contributed by atoms with Gasteiger partial charge in [0.05, 0.1) is 11.7 Å². The van der Waals surface area contributed by atoms with Crippen molar-refractivity contribution in [3.63, 3.8) is 0 Å². The first kappa shape index (κ1) is 23.8. The molecule has 0 spiro atoms. The summed E-state index contributed by atoms with van der Waals surface area (Å²) in [6.45, 7) is 13.9. The van der Waals surface area contributed by atoms with E-state index in [0.29, 0.717) is 22.7 Å². The first-order chi connectivity index (χ1) is 14.5. The smallest absolute Gasteiger partial charge is 0.0693 e. The van der Waals surface area contributed by atoms with Gasteiger partial charge in [0.1, 0.15) is 0 Å². The van der Waals surface area contributed by atoms with Gasteiger partial charge in [0.2, 0.25) is 0 Å². The molecular formula is C29H50O2. The minimum absolute atomic E-state index is 0.101. The maximum atomic E-state index is 11.2. The Kier molecular flexibility index (Phi) is 6.50. The van der Waals surface area contributed by atoms with Crippen LogP contribution in [0, 0.1) is 46.3 Å². The van der Waals surface area contributed by atoms with Crippen molar-refractivity contribution in [2.45, 2.75) is 124 Å². The zero-order valence-electron chi connectivity index (χ0n) is 21.3. The second-order valence-electron chi connectivity index (χ2n) is 13.2. The highest BCUT2D eigenvalue weighted by atomic mass is 16.3. The Morgan fingerprint density at radius 3 is 2.39 bits per heavy atom. The van der Waals surface area contributed by atoms with Crippen LogP contribution in [0.25, 0.3) is 0 Å². The molecule has 0 aromatic heterocycles. The molecule has 178 valence electrons. The zero-order valence-corrected chi connectivity index (χ0v) is 21.3. The van der Waals surface area contributed by atoms with Crippen LogP contribution in [0.1, 0.15) is 112 Å². The Morgan fingerprint density at radius 1 is 1.00 bits per heavy atom. The van der Waals surface area contributed by atoms with E-state index in [1.807, 2.05) is 0 Å². The van der Waals surface area contributed by atoms with Gasteiger partial charge in [0.15, 0.2) is 0 Å². The van der Waals surface area contributed by atoms with Crippen LogP contribution in [0.2, 0.25) is 0 Å². The van der Waals surface area contributed by atoms with Crippen molar-refractivity contribution < 1.29 is 10.2 Å². The van der Waals surface area contributed by atoms with E-state index in [2.05, 4.69) is 47.6 Å². The van der Waals surface area contributed by atoms with Gasteiger partial charge in [-0.2, -0.15) is 0 Å².